The summed E-state index contributed by atoms with van der Waals surface area (Å²) >= 11 is 0. The van der Waals surface area contributed by atoms with E-state index in [1.807, 2.05) is 11.6 Å². The van der Waals surface area contributed by atoms with Crippen LogP contribution >= 0.6 is 0 Å². The van der Waals surface area contributed by atoms with E-state index >= 15 is 0 Å². The second-order valence-corrected chi connectivity index (χ2v) is 5.68. The normalized spacial score (nSPS) is 14.7. The third-order valence-electron chi connectivity index (χ3n) is 3.29. The van der Waals surface area contributed by atoms with Gasteiger partial charge in [-0.3, -0.25) is 0 Å². The molecule has 5 heteroatoms. The van der Waals surface area contributed by atoms with Gasteiger partial charge in [0.2, 0.25) is 0 Å². The first-order chi connectivity index (χ1) is 9.58. The first kappa shape index (κ1) is 17.1. The van der Waals surface area contributed by atoms with Gasteiger partial charge in [-0.1, -0.05) is 20.8 Å². The van der Waals surface area contributed by atoms with Crippen LogP contribution in [0.5, 0.6) is 0 Å². The van der Waals surface area contributed by atoms with Crippen molar-refractivity contribution in [3.63, 3.8) is 0 Å². The Morgan fingerprint density at radius 2 is 2.05 bits per heavy atom. The van der Waals surface area contributed by atoms with Crippen molar-refractivity contribution in [1.82, 2.24) is 20.1 Å². The van der Waals surface area contributed by atoms with E-state index in [2.05, 4.69) is 43.1 Å². The number of nitrogens with zero attached hydrogens (tertiary/aromatic N) is 3. The van der Waals surface area contributed by atoms with Gasteiger partial charge in [-0.05, 0) is 32.7 Å². The molecule has 1 rings (SSSR count). The quantitative estimate of drug-likeness (QED) is 0.715. The predicted molar refractivity (Wildman–Crippen MR) is 81.7 cm³/mol. The molecule has 1 N–H and O–H groups in total. The summed E-state index contributed by atoms with van der Waals surface area (Å²) in [6.45, 7) is 13.4. The van der Waals surface area contributed by atoms with Crippen LogP contribution in [-0.4, -0.2) is 40.1 Å². The molecule has 0 aliphatic rings. The number of rotatable bonds is 10. The number of nitrogens with one attached hydrogen (secondary N) is 1. The summed E-state index contributed by atoms with van der Waals surface area (Å²) in [5.74, 6) is 1.61. The molecule has 2 unspecified atom stereocenters. The summed E-state index contributed by atoms with van der Waals surface area (Å²) in [7, 11) is 0. The maximum atomic E-state index is 5.75. The molecule has 20 heavy (non-hydrogen) atoms. The molecule has 1 aromatic heterocycles. The van der Waals surface area contributed by atoms with Gasteiger partial charge in [0.15, 0.2) is 0 Å². The number of ether oxygens (including phenoxy) is 1. The standard InChI is InChI=1S/C15H30N4O/c1-6-8-16-14(13(5)20-7-2)9-15-17-11-18-19(15)10-12(3)4/h11-14,16H,6-10H2,1-5H3. The lowest BCUT2D eigenvalue weighted by molar-refractivity contribution is 0.0468. The Kier molecular flexibility index (Phi) is 7.77. The van der Waals surface area contributed by atoms with Crippen molar-refractivity contribution in [2.75, 3.05) is 13.2 Å². The van der Waals surface area contributed by atoms with Crippen LogP contribution in [-0.2, 0) is 17.7 Å². The molecule has 0 aliphatic heterocycles. The van der Waals surface area contributed by atoms with Gasteiger partial charge in [0.05, 0.1) is 6.10 Å². The summed E-state index contributed by atoms with van der Waals surface area (Å²) in [5, 5.41) is 7.90. The van der Waals surface area contributed by atoms with Crippen LogP contribution < -0.4 is 5.32 Å². The molecule has 1 heterocycles. The summed E-state index contributed by atoms with van der Waals surface area (Å²) in [6.07, 6.45) is 3.80. The van der Waals surface area contributed by atoms with Crippen LogP contribution in [0.3, 0.4) is 0 Å². The molecule has 1 aromatic rings. The lowest BCUT2D eigenvalue weighted by atomic mass is 10.1. The minimum Gasteiger partial charge on any atom is -0.377 e. The van der Waals surface area contributed by atoms with E-state index in [4.69, 9.17) is 4.74 Å². The van der Waals surface area contributed by atoms with Crippen LogP contribution in [0.1, 0.15) is 46.9 Å². The molecule has 0 bridgehead atoms. The minimum atomic E-state index is 0.177. The maximum Gasteiger partial charge on any atom is 0.138 e. The van der Waals surface area contributed by atoms with Crippen LogP contribution in [0.15, 0.2) is 6.33 Å². The van der Waals surface area contributed by atoms with E-state index in [1.165, 1.54) is 0 Å². The van der Waals surface area contributed by atoms with Crippen molar-refractivity contribution in [2.45, 2.75) is 66.2 Å². The van der Waals surface area contributed by atoms with E-state index in [9.17, 15) is 0 Å². The van der Waals surface area contributed by atoms with Crippen molar-refractivity contribution < 1.29 is 4.74 Å². The molecule has 116 valence electrons. The SMILES string of the molecule is CCCNC(Cc1ncnn1CC(C)C)C(C)OCC. The summed E-state index contributed by atoms with van der Waals surface area (Å²) in [5.41, 5.74) is 0. The molecule has 0 spiro atoms. The van der Waals surface area contributed by atoms with Gasteiger partial charge in [0, 0.05) is 25.6 Å². The van der Waals surface area contributed by atoms with E-state index < -0.39 is 0 Å². The van der Waals surface area contributed by atoms with Crippen LogP contribution in [0.4, 0.5) is 0 Å². The number of hydrogen-bond donors (Lipinski definition) is 1. The minimum absolute atomic E-state index is 0.177. The summed E-state index contributed by atoms with van der Waals surface area (Å²) in [4.78, 5) is 4.42. The lowest BCUT2D eigenvalue weighted by Crippen LogP contribution is -2.42. The van der Waals surface area contributed by atoms with E-state index in [-0.39, 0.29) is 12.1 Å². The highest BCUT2D eigenvalue weighted by atomic mass is 16.5. The number of hydrogen-bond acceptors (Lipinski definition) is 4. The van der Waals surface area contributed by atoms with Gasteiger partial charge in [0.1, 0.15) is 12.2 Å². The summed E-state index contributed by atoms with van der Waals surface area (Å²) < 4.78 is 7.77. The van der Waals surface area contributed by atoms with Crippen LogP contribution in [0, 0.1) is 5.92 Å². The van der Waals surface area contributed by atoms with Crippen LogP contribution in [0.2, 0.25) is 0 Å². The summed E-state index contributed by atoms with van der Waals surface area (Å²) in [6, 6.07) is 0.282. The zero-order valence-electron chi connectivity index (χ0n) is 13.6. The molecule has 5 nitrogen and oxygen atoms in total. The fourth-order valence-electron chi connectivity index (χ4n) is 2.25. The largest absolute Gasteiger partial charge is 0.377 e. The van der Waals surface area contributed by atoms with Crippen LogP contribution in [0.25, 0.3) is 0 Å². The van der Waals surface area contributed by atoms with Crippen molar-refractivity contribution in [3.8, 4) is 0 Å². The average Bonchev–Trinajstić information content (AvgIpc) is 2.81. The Morgan fingerprint density at radius 3 is 2.65 bits per heavy atom. The maximum absolute atomic E-state index is 5.75. The molecular weight excluding hydrogens is 252 g/mol. The first-order valence-corrected chi connectivity index (χ1v) is 7.80. The molecular formula is C15H30N4O. The Bertz CT molecular complexity index is 365. The van der Waals surface area contributed by atoms with Gasteiger partial charge >= 0.3 is 0 Å². The van der Waals surface area contributed by atoms with E-state index in [0.717, 1.165) is 38.4 Å². The Morgan fingerprint density at radius 1 is 1.30 bits per heavy atom. The van der Waals surface area contributed by atoms with Crippen molar-refractivity contribution in [3.05, 3.63) is 12.2 Å². The van der Waals surface area contributed by atoms with Crippen molar-refractivity contribution >= 4 is 0 Å². The Labute approximate surface area is 123 Å². The van der Waals surface area contributed by atoms with Gasteiger partial charge in [-0.15, -0.1) is 0 Å². The van der Waals surface area contributed by atoms with Crippen molar-refractivity contribution in [1.29, 1.82) is 0 Å². The zero-order valence-corrected chi connectivity index (χ0v) is 13.6. The average molecular weight is 282 g/mol. The Hall–Kier alpha value is -0.940. The van der Waals surface area contributed by atoms with Gasteiger partial charge in [0.25, 0.3) is 0 Å². The second-order valence-electron chi connectivity index (χ2n) is 5.68. The fraction of sp³-hybridized carbons (Fsp3) is 0.867. The molecule has 0 saturated carbocycles. The molecule has 0 aromatic carbocycles. The fourth-order valence-corrected chi connectivity index (χ4v) is 2.25. The molecule has 0 aliphatic carbocycles. The third-order valence-corrected chi connectivity index (χ3v) is 3.29. The van der Waals surface area contributed by atoms with Crippen molar-refractivity contribution in [2.24, 2.45) is 5.92 Å². The topological polar surface area (TPSA) is 52.0 Å². The smallest absolute Gasteiger partial charge is 0.138 e. The zero-order chi connectivity index (χ0) is 15.0. The monoisotopic (exact) mass is 282 g/mol. The van der Waals surface area contributed by atoms with Gasteiger partial charge in [-0.25, -0.2) is 9.67 Å². The molecule has 0 amide bonds. The van der Waals surface area contributed by atoms with E-state index in [0.29, 0.717) is 5.92 Å². The predicted octanol–water partition coefficient (Wildman–Crippen LogP) is 2.27. The van der Waals surface area contributed by atoms with Gasteiger partial charge in [-0.2, -0.15) is 5.10 Å². The highest BCUT2D eigenvalue weighted by Crippen LogP contribution is 2.08. The van der Waals surface area contributed by atoms with E-state index in [1.54, 1.807) is 6.33 Å². The first-order valence-electron chi connectivity index (χ1n) is 7.80. The third kappa shape index (κ3) is 5.59. The Balaban J connectivity index is 2.70. The highest BCUT2D eigenvalue weighted by molar-refractivity contribution is 4.92. The number of aromatic nitrogens is 3. The molecule has 0 radical (unpaired) electrons. The molecule has 0 saturated heterocycles. The molecule has 2 atom stereocenters. The lowest BCUT2D eigenvalue weighted by Gasteiger charge is -2.25. The second kappa shape index (κ2) is 9.08. The molecule has 0 fully saturated rings. The highest BCUT2D eigenvalue weighted by Gasteiger charge is 2.20. The van der Waals surface area contributed by atoms with Gasteiger partial charge < -0.3 is 10.1 Å².